The van der Waals surface area contributed by atoms with E-state index in [1.54, 1.807) is 17.2 Å². The Morgan fingerprint density at radius 1 is 1.27 bits per heavy atom. The van der Waals surface area contributed by atoms with Crippen LogP contribution in [-0.2, 0) is 13.6 Å². The zero-order chi connectivity index (χ0) is 15.1. The standard InChI is InChI=1S/C15H14N6O/c1-20-7-11(5-18-20)13-8-21(9-17-13)6-10-2-3-12-14(4-10)22-15(16)19-12/h2-5,7-9H,6H2,1H3,(H2,16,19). The first-order chi connectivity index (χ1) is 10.7. The molecule has 0 bridgehead atoms. The Labute approximate surface area is 126 Å². The molecule has 4 aromatic rings. The largest absolute Gasteiger partial charge is 0.424 e. The first kappa shape index (κ1) is 12.6. The van der Waals surface area contributed by atoms with Crippen molar-refractivity contribution in [3.8, 4) is 11.3 Å². The highest BCUT2D eigenvalue weighted by molar-refractivity contribution is 5.74. The molecule has 1 aromatic carbocycles. The molecule has 22 heavy (non-hydrogen) atoms. The molecule has 3 aromatic heterocycles. The topological polar surface area (TPSA) is 87.7 Å². The number of hydrogen-bond acceptors (Lipinski definition) is 5. The van der Waals surface area contributed by atoms with Gasteiger partial charge in [0.05, 0.1) is 18.2 Å². The van der Waals surface area contributed by atoms with Crippen molar-refractivity contribution in [2.75, 3.05) is 5.73 Å². The van der Waals surface area contributed by atoms with Crippen molar-refractivity contribution in [3.63, 3.8) is 0 Å². The van der Waals surface area contributed by atoms with Crippen LogP contribution in [0.15, 0.2) is 47.5 Å². The summed E-state index contributed by atoms with van der Waals surface area (Å²) in [6.45, 7) is 0.698. The van der Waals surface area contributed by atoms with Crippen LogP contribution in [0, 0.1) is 0 Å². The summed E-state index contributed by atoms with van der Waals surface area (Å²) in [6.07, 6.45) is 7.54. The number of nitrogens with zero attached hydrogens (tertiary/aromatic N) is 5. The predicted octanol–water partition coefficient (Wildman–Crippen LogP) is 2.06. The molecule has 4 rings (SSSR count). The Balaban J connectivity index is 1.60. The zero-order valence-electron chi connectivity index (χ0n) is 12.0. The quantitative estimate of drug-likeness (QED) is 0.625. The number of nitrogens with two attached hydrogens (primary N) is 1. The summed E-state index contributed by atoms with van der Waals surface area (Å²) >= 11 is 0. The van der Waals surface area contributed by atoms with Gasteiger partial charge in [0.15, 0.2) is 5.58 Å². The van der Waals surface area contributed by atoms with E-state index in [1.807, 2.05) is 42.2 Å². The summed E-state index contributed by atoms with van der Waals surface area (Å²) in [5.74, 6) is 0. The minimum absolute atomic E-state index is 0.189. The van der Waals surface area contributed by atoms with Crippen molar-refractivity contribution in [2.24, 2.45) is 7.05 Å². The molecule has 0 saturated carbocycles. The van der Waals surface area contributed by atoms with Gasteiger partial charge >= 0.3 is 0 Å². The summed E-state index contributed by atoms with van der Waals surface area (Å²) in [7, 11) is 1.89. The van der Waals surface area contributed by atoms with E-state index in [-0.39, 0.29) is 6.01 Å². The van der Waals surface area contributed by atoms with Crippen molar-refractivity contribution < 1.29 is 4.42 Å². The molecule has 0 unspecified atom stereocenters. The first-order valence-corrected chi connectivity index (χ1v) is 6.83. The smallest absolute Gasteiger partial charge is 0.292 e. The number of rotatable bonds is 3. The van der Waals surface area contributed by atoms with Crippen LogP contribution in [0.4, 0.5) is 6.01 Å². The van der Waals surface area contributed by atoms with Crippen LogP contribution in [0.1, 0.15) is 5.56 Å². The molecule has 110 valence electrons. The second-order valence-electron chi connectivity index (χ2n) is 5.19. The molecule has 2 N–H and O–H groups in total. The molecular weight excluding hydrogens is 280 g/mol. The minimum Gasteiger partial charge on any atom is -0.424 e. The lowest BCUT2D eigenvalue weighted by molar-refractivity contribution is 0.625. The van der Waals surface area contributed by atoms with Gasteiger partial charge in [-0.3, -0.25) is 4.68 Å². The fourth-order valence-electron chi connectivity index (χ4n) is 2.45. The molecule has 0 aliphatic heterocycles. The second kappa shape index (κ2) is 4.73. The van der Waals surface area contributed by atoms with E-state index < -0.39 is 0 Å². The third kappa shape index (κ3) is 2.22. The Morgan fingerprint density at radius 3 is 3.00 bits per heavy atom. The highest BCUT2D eigenvalue weighted by Gasteiger charge is 2.07. The predicted molar refractivity (Wildman–Crippen MR) is 82.0 cm³/mol. The molecule has 0 amide bonds. The number of aromatic nitrogens is 5. The molecule has 0 aliphatic rings. The Bertz CT molecular complexity index is 948. The third-order valence-electron chi connectivity index (χ3n) is 3.47. The number of fused-ring (bicyclic) bond motifs is 1. The maximum atomic E-state index is 5.56. The number of imidazole rings is 1. The van der Waals surface area contributed by atoms with Gasteiger partial charge in [-0.2, -0.15) is 10.1 Å². The van der Waals surface area contributed by atoms with Crippen molar-refractivity contribution in [1.29, 1.82) is 0 Å². The molecule has 0 atom stereocenters. The van der Waals surface area contributed by atoms with E-state index >= 15 is 0 Å². The highest BCUT2D eigenvalue weighted by Crippen LogP contribution is 2.20. The lowest BCUT2D eigenvalue weighted by atomic mass is 10.2. The molecule has 0 saturated heterocycles. The third-order valence-corrected chi connectivity index (χ3v) is 3.47. The van der Waals surface area contributed by atoms with Crippen molar-refractivity contribution in [2.45, 2.75) is 6.54 Å². The molecule has 0 fully saturated rings. The summed E-state index contributed by atoms with van der Waals surface area (Å²) < 4.78 is 9.13. The number of hydrogen-bond donors (Lipinski definition) is 1. The van der Waals surface area contributed by atoms with Gasteiger partial charge in [-0.1, -0.05) is 6.07 Å². The van der Waals surface area contributed by atoms with E-state index in [9.17, 15) is 0 Å². The minimum atomic E-state index is 0.189. The second-order valence-corrected chi connectivity index (χ2v) is 5.19. The monoisotopic (exact) mass is 294 g/mol. The number of aryl methyl sites for hydroxylation is 1. The van der Waals surface area contributed by atoms with Crippen molar-refractivity contribution >= 4 is 17.1 Å². The van der Waals surface area contributed by atoms with Crippen LogP contribution < -0.4 is 5.73 Å². The van der Waals surface area contributed by atoms with Gasteiger partial charge in [-0.05, 0) is 17.7 Å². The maximum absolute atomic E-state index is 5.56. The fraction of sp³-hybridized carbons (Fsp3) is 0.133. The van der Waals surface area contributed by atoms with Crippen molar-refractivity contribution in [3.05, 3.63) is 48.7 Å². The van der Waals surface area contributed by atoms with Gasteiger partial charge < -0.3 is 14.7 Å². The van der Waals surface area contributed by atoms with Crippen molar-refractivity contribution in [1.82, 2.24) is 24.3 Å². The fourth-order valence-corrected chi connectivity index (χ4v) is 2.45. The first-order valence-electron chi connectivity index (χ1n) is 6.83. The Kier molecular flexibility index (Phi) is 2.72. The van der Waals surface area contributed by atoms with Crippen LogP contribution in [0.3, 0.4) is 0 Å². The van der Waals surface area contributed by atoms with Crippen LogP contribution in [0.5, 0.6) is 0 Å². The zero-order valence-corrected chi connectivity index (χ0v) is 12.0. The molecular formula is C15H14N6O. The summed E-state index contributed by atoms with van der Waals surface area (Å²) in [5.41, 5.74) is 10.0. The summed E-state index contributed by atoms with van der Waals surface area (Å²) in [5, 5.41) is 4.16. The highest BCUT2D eigenvalue weighted by atomic mass is 16.4. The van der Waals surface area contributed by atoms with Gasteiger partial charge in [0.1, 0.15) is 5.52 Å². The van der Waals surface area contributed by atoms with Gasteiger partial charge in [-0.15, -0.1) is 0 Å². The van der Waals surface area contributed by atoms with E-state index in [0.717, 1.165) is 22.3 Å². The normalized spacial score (nSPS) is 11.3. The molecule has 7 nitrogen and oxygen atoms in total. The molecule has 7 heteroatoms. The lowest BCUT2D eigenvalue weighted by Crippen LogP contribution is -1.95. The Morgan fingerprint density at radius 2 is 2.18 bits per heavy atom. The van der Waals surface area contributed by atoms with Gasteiger partial charge in [0.2, 0.25) is 0 Å². The van der Waals surface area contributed by atoms with Gasteiger partial charge in [0.25, 0.3) is 6.01 Å². The molecule has 0 spiro atoms. The number of benzene rings is 1. The van der Waals surface area contributed by atoms with E-state index in [1.165, 1.54) is 0 Å². The van der Waals surface area contributed by atoms with E-state index in [4.69, 9.17) is 10.2 Å². The number of oxazole rings is 1. The van der Waals surface area contributed by atoms with Crippen LogP contribution in [0.2, 0.25) is 0 Å². The Hall–Kier alpha value is -3.09. The van der Waals surface area contributed by atoms with E-state index in [2.05, 4.69) is 15.1 Å². The number of anilines is 1. The molecule has 0 radical (unpaired) electrons. The average molecular weight is 294 g/mol. The van der Waals surface area contributed by atoms with Crippen LogP contribution in [-0.4, -0.2) is 24.3 Å². The summed E-state index contributed by atoms with van der Waals surface area (Å²) in [6, 6.07) is 6.05. The maximum Gasteiger partial charge on any atom is 0.292 e. The summed E-state index contributed by atoms with van der Waals surface area (Å²) in [4.78, 5) is 8.51. The van der Waals surface area contributed by atoms with Crippen LogP contribution in [0.25, 0.3) is 22.4 Å². The number of nitrogen functional groups attached to an aromatic ring is 1. The van der Waals surface area contributed by atoms with E-state index in [0.29, 0.717) is 12.1 Å². The lowest BCUT2D eigenvalue weighted by Gasteiger charge is -2.01. The molecule has 0 aliphatic carbocycles. The van der Waals surface area contributed by atoms with Crippen LogP contribution >= 0.6 is 0 Å². The average Bonchev–Trinajstić information content (AvgIpc) is 3.17. The van der Waals surface area contributed by atoms with Gasteiger partial charge in [-0.25, -0.2) is 4.98 Å². The SMILES string of the molecule is Cn1cc(-c2cn(Cc3ccc4nc(N)oc4c3)cn2)cn1. The molecule has 3 heterocycles. The van der Waals surface area contributed by atoms with Gasteiger partial charge in [0, 0.05) is 31.5 Å².